The fourth-order valence-electron chi connectivity index (χ4n) is 1.59. The van der Waals surface area contributed by atoms with E-state index in [-0.39, 0.29) is 11.5 Å². The molecule has 0 atom stereocenters. The van der Waals surface area contributed by atoms with Gasteiger partial charge in [-0.25, -0.2) is 8.78 Å². The second kappa shape index (κ2) is 4.61. The summed E-state index contributed by atoms with van der Waals surface area (Å²) >= 11 is 0. The second-order valence-electron chi connectivity index (χ2n) is 4.27. The average molecular weight is 223 g/mol. The van der Waals surface area contributed by atoms with Gasteiger partial charge in [0.25, 0.3) is 5.92 Å². The molecular weight excluding hydrogens is 208 g/mol. The highest BCUT2D eigenvalue weighted by molar-refractivity contribution is 5.36. The van der Waals surface area contributed by atoms with Gasteiger partial charge in [-0.15, -0.1) is 0 Å². The van der Waals surface area contributed by atoms with Gasteiger partial charge in [-0.1, -0.05) is 26.0 Å². The van der Waals surface area contributed by atoms with E-state index >= 15 is 0 Å². The quantitative estimate of drug-likeness (QED) is 0.756. The molecule has 0 unspecified atom stereocenters. The summed E-state index contributed by atoms with van der Waals surface area (Å²) in [5, 5.41) is 8.40. The van der Waals surface area contributed by atoms with Crippen LogP contribution in [0.5, 0.6) is 0 Å². The van der Waals surface area contributed by atoms with Gasteiger partial charge in [0.2, 0.25) is 0 Å². The largest absolute Gasteiger partial charge is 0.286 e. The molecule has 86 valence electrons. The van der Waals surface area contributed by atoms with Crippen LogP contribution >= 0.6 is 0 Å². The van der Waals surface area contributed by atoms with Crippen molar-refractivity contribution in [2.75, 3.05) is 0 Å². The van der Waals surface area contributed by atoms with E-state index in [0.717, 1.165) is 5.56 Å². The molecule has 0 saturated carbocycles. The molecule has 0 saturated heterocycles. The number of nitrogens with zero attached hydrogens (tertiary/aromatic N) is 1. The molecular formula is C13H15F2N. The topological polar surface area (TPSA) is 23.8 Å². The maximum absolute atomic E-state index is 13.6. The molecule has 1 aromatic rings. The summed E-state index contributed by atoms with van der Waals surface area (Å²) < 4.78 is 27.3. The lowest BCUT2D eigenvalue weighted by molar-refractivity contribution is 0.000243. The second-order valence-corrected chi connectivity index (χ2v) is 4.27. The van der Waals surface area contributed by atoms with Crippen LogP contribution in [0, 0.1) is 18.3 Å². The Labute approximate surface area is 94.7 Å². The van der Waals surface area contributed by atoms with E-state index < -0.39 is 12.3 Å². The third-order valence-corrected chi connectivity index (χ3v) is 2.62. The smallest absolute Gasteiger partial charge is 0.200 e. The molecule has 1 rings (SSSR count). The Morgan fingerprint density at radius 1 is 1.38 bits per heavy atom. The summed E-state index contributed by atoms with van der Waals surface area (Å²) in [6, 6.07) is 6.59. The minimum Gasteiger partial charge on any atom is -0.200 e. The van der Waals surface area contributed by atoms with Crippen LogP contribution in [0.3, 0.4) is 0 Å². The average Bonchev–Trinajstić information content (AvgIpc) is 2.17. The first kappa shape index (κ1) is 12.6. The van der Waals surface area contributed by atoms with Gasteiger partial charge in [0.1, 0.15) is 6.42 Å². The standard InChI is InChI=1S/C13H15F2N/c1-9(2)11-5-4-10(3)12(8-11)13(14,15)6-7-16/h4-5,8-9H,6H2,1-3H3. The van der Waals surface area contributed by atoms with Crippen molar-refractivity contribution in [3.05, 3.63) is 34.9 Å². The zero-order chi connectivity index (χ0) is 12.3. The van der Waals surface area contributed by atoms with Crippen molar-refractivity contribution in [1.82, 2.24) is 0 Å². The number of halogens is 2. The van der Waals surface area contributed by atoms with Gasteiger partial charge in [-0.3, -0.25) is 0 Å². The normalized spacial score (nSPS) is 11.6. The Morgan fingerprint density at radius 2 is 2.00 bits per heavy atom. The van der Waals surface area contributed by atoms with E-state index in [4.69, 9.17) is 5.26 Å². The van der Waals surface area contributed by atoms with Crippen molar-refractivity contribution in [1.29, 1.82) is 5.26 Å². The SMILES string of the molecule is Cc1ccc(C(C)C)cc1C(F)(F)CC#N. The number of aryl methyl sites for hydroxylation is 1. The van der Waals surface area contributed by atoms with Gasteiger partial charge in [-0.2, -0.15) is 5.26 Å². The predicted molar refractivity (Wildman–Crippen MR) is 59.4 cm³/mol. The molecule has 16 heavy (non-hydrogen) atoms. The van der Waals surface area contributed by atoms with Crippen LogP contribution in [0.4, 0.5) is 8.78 Å². The lowest BCUT2D eigenvalue weighted by Crippen LogP contribution is -2.14. The highest BCUT2D eigenvalue weighted by Crippen LogP contribution is 2.35. The molecule has 1 aromatic carbocycles. The van der Waals surface area contributed by atoms with Crippen molar-refractivity contribution < 1.29 is 8.78 Å². The van der Waals surface area contributed by atoms with Crippen LogP contribution in [-0.4, -0.2) is 0 Å². The van der Waals surface area contributed by atoms with Gasteiger partial charge in [-0.05, 0) is 30.0 Å². The van der Waals surface area contributed by atoms with E-state index in [0.29, 0.717) is 5.56 Å². The summed E-state index contributed by atoms with van der Waals surface area (Å²) in [6.07, 6.45) is -0.768. The van der Waals surface area contributed by atoms with Crippen LogP contribution in [0.15, 0.2) is 18.2 Å². The summed E-state index contributed by atoms with van der Waals surface area (Å²) in [5.41, 5.74) is 1.38. The third-order valence-electron chi connectivity index (χ3n) is 2.62. The van der Waals surface area contributed by atoms with Crippen molar-refractivity contribution in [3.8, 4) is 6.07 Å². The number of nitriles is 1. The molecule has 3 heteroatoms. The lowest BCUT2D eigenvalue weighted by atomic mass is 9.94. The molecule has 0 spiro atoms. The number of rotatable bonds is 3. The minimum absolute atomic E-state index is 0.0275. The predicted octanol–water partition coefficient (Wildman–Crippen LogP) is 4.12. The van der Waals surface area contributed by atoms with E-state index in [1.165, 1.54) is 12.1 Å². The maximum atomic E-state index is 13.6. The molecule has 0 aromatic heterocycles. The summed E-state index contributed by atoms with van der Waals surface area (Å²) in [5.74, 6) is -2.85. The van der Waals surface area contributed by atoms with E-state index in [9.17, 15) is 8.78 Å². The Balaban J connectivity index is 3.22. The zero-order valence-electron chi connectivity index (χ0n) is 9.72. The summed E-state index contributed by atoms with van der Waals surface area (Å²) in [7, 11) is 0. The van der Waals surface area contributed by atoms with E-state index in [2.05, 4.69) is 0 Å². The molecule has 0 bridgehead atoms. The fraction of sp³-hybridized carbons (Fsp3) is 0.462. The van der Waals surface area contributed by atoms with E-state index in [1.807, 2.05) is 19.9 Å². The van der Waals surface area contributed by atoms with Gasteiger partial charge < -0.3 is 0 Å². The Morgan fingerprint density at radius 3 is 2.50 bits per heavy atom. The van der Waals surface area contributed by atoms with Crippen molar-refractivity contribution in [2.45, 2.75) is 39.0 Å². The number of alkyl halides is 2. The molecule has 0 fully saturated rings. The van der Waals surface area contributed by atoms with Crippen LogP contribution in [0.1, 0.15) is 42.9 Å². The Hall–Kier alpha value is -1.43. The van der Waals surface area contributed by atoms with Crippen LogP contribution < -0.4 is 0 Å². The third kappa shape index (κ3) is 2.57. The van der Waals surface area contributed by atoms with Crippen LogP contribution in [0.2, 0.25) is 0 Å². The highest BCUT2D eigenvalue weighted by Gasteiger charge is 2.33. The fourth-order valence-corrected chi connectivity index (χ4v) is 1.59. The first-order valence-electron chi connectivity index (χ1n) is 5.24. The molecule has 0 radical (unpaired) electrons. The van der Waals surface area contributed by atoms with Gasteiger partial charge in [0, 0.05) is 5.56 Å². The monoisotopic (exact) mass is 223 g/mol. The maximum Gasteiger partial charge on any atom is 0.286 e. The van der Waals surface area contributed by atoms with Crippen molar-refractivity contribution in [3.63, 3.8) is 0 Å². The number of hydrogen-bond donors (Lipinski definition) is 0. The molecule has 0 amide bonds. The Bertz CT molecular complexity index is 416. The van der Waals surface area contributed by atoms with Crippen molar-refractivity contribution in [2.24, 2.45) is 0 Å². The Kier molecular flexibility index (Phi) is 3.64. The van der Waals surface area contributed by atoms with Gasteiger partial charge in [0.05, 0.1) is 6.07 Å². The van der Waals surface area contributed by atoms with Gasteiger partial charge in [0.15, 0.2) is 0 Å². The van der Waals surface area contributed by atoms with Gasteiger partial charge >= 0.3 is 0 Å². The molecule has 1 nitrogen and oxygen atoms in total. The highest BCUT2D eigenvalue weighted by atomic mass is 19.3. The molecule has 0 heterocycles. The van der Waals surface area contributed by atoms with Crippen LogP contribution in [-0.2, 0) is 5.92 Å². The number of hydrogen-bond acceptors (Lipinski definition) is 1. The zero-order valence-corrected chi connectivity index (χ0v) is 9.72. The minimum atomic E-state index is -3.05. The molecule has 0 aliphatic heterocycles. The summed E-state index contributed by atoms with van der Waals surface area (Å²) in [4.78, 5) is 0. The molecule has 0 N–H and O–H groups in total. The molecule has 0 aliphatic rings. The first-order chi connectivity index (χ1) is 7.38. The van der Waals surface area contributed by atoms with Crippen LogP contribution in [0.25, 0.3) is 0 Å². The van der Waals surface area contributed by atoms with E-state index in [1.54, 1.807) is 13.0 Å². The summed E-state index contributed by atoms with van der Waals surface area (Å²) in [6.45, 7) is 5.55. The van der Waals surface area contributed by atoms with Crippen molar-refractivity contribution >= 4 is 0 Å². The lowest BCUT2D eigenvalue weighted by Gasteiger charge is -2.18. The number of benzene rings is 1. The first-order valence-corrected chi connectivity index (χ1v) is 5.24. The molecule has 0 aliphatic carbocycles.